The SMILES string of the molecule is CCCCC(F)(F)[C@H](O)CC[C@H]1CCC[C@@H]1CCCCCCC(=O)O. The molecule has 1 fully saturated rings. The molecule has 0 aromatic carbocycles. The quantitative estimate of drug-likeness (QED) is 0.384. The Balaban J connectivity index is 2.22. The number of rotatable bonds is 14. The molecule has 1 aliphatic rings. The highest BCUT2D eigenvalue weighted by molar-refractivity contribution is 5.66. The first-order chi connectivity index (χ1) is 11.9. The first kappa shape index (κ1) is 22.3. The maximum absolute atomic E-state index is 13.9. The van der Waals surface area contributed by atoms with Crippen LogP contribution in [0.4, 0.5) is 8.78 Å². The van der Waals surface area contributed by atoms with Crippen LogP contribution in [0.25, 0.3) is 0 Å². The first-order valence-electron chi connectivity index (χ1n) is 10.1. The van der Waals surface area contributed by atoms with Crippen molar-refractivity contribution in [3.05, 3.63) is 0 Å². The Labute approximate surface area is 151 Å². The zero-order valence-corrected chi connectivity index (χ0v) is 15.7. The molecule has 148 valence electrons. The van der Waals surface area contributed by atoms with Gasteiger partial charge in [-0.05, 0) is 37.5 Å². The van der Waals surface area contributed by atoms with E-state index in [-0.39, 0.29) is 19.3 Å². The fourth-order valence-corrected chi connectivity index (χ4v) is 4.07. The Bertz CT molecular complexity index is 374. The minimum Gasteiger partial charge on any atom is -0.481 e. The average molecular weight is 363 g/mol. The third kappa shape index (κ3) is 8.98. The highest BCUT2D eigenvalue weighted by Gasteiger charge is 2.38. The van der Waals surface area contributed by atoms with Crippen molar-refractivity contribution in [2.24, 2.45) is 11.8 Å². The number of hydrogen-bond donors (Lipinski definition) is 2. The van der Waals surface area contributed by atoms with Crippen molar-refractivity contribution < 1.29 is 23.8 Å². The zero-order valence-electron chi connectivity index (χ0n) is 15.7. The molecule has 3 atom stereocenters. The summed E-state index contributed by atoms with van der Waals surface area (Å²) < 4.78 is 27.7. The number of halogens is 2. The normalized spacial score (nSPS) is 22.2. The van der Waals surface area contributed by atoms with Crippen LogP contribution >= 0.6 is 0 Å². The van der Waals surface area contributed by atoms with Crippen LogP contribution < -0.4 is 0 Å². The molecule has 0 unspecified atom stereocenters. The molecule has 1 saturated carbocycles. The molecule has 0 aromatic rings. The average Bonchev–Trinajstić information content (AvgIpc) is 3.01. The van der Waals surface area contributed by atoms with E-state index in [2.05, 4.69) is 0 Å². The molecule has 0 spiro atoms. The molecule has 0 aromatic heterocycles. The summed E-state index contributed by atoms with van der Waals surface area (Å²) in [6.07, 6.45) is 8.98. The molecule has 2 N–H and O–H groups in total. The summed E-state index contributed by atoms with van der Waals surface area (Å²) in [7, 11) is 0. The zero-order chi connectivity index (χ0) is 18.7. The lowest BCUT2D eigenvalue weighted by Crippen LogP contribution is -2.33. The second-order valence-corrected chi connectivity index (χ2v) is 7.76. The maximum atomic E-state index is 13.9. The molecule has 25 heavy (non-hydrogen) atoms. The summed E-state index contributed by atoms with van der Waals surface area (Å²) in [5.41, 5.74) is 0. The number of aliphatic hydroxyl groups excluding tert-OH is 1. The van der Waals surface area contributed by atoms with Gasteiger partial charge in [-0.3, -0.25) is 4.79 Å². The minimum absolute atomic E-state index is 0.205. The monoisotopic (exact) mass is 362 g/mol. The molecular formula is C20H36F2O3. The van der Waals surface area contributed by atoms with Gasteiger partial charge in [0.25, 0.3) is 5.92 Å². The molecule has 3 nitrogen and oxygen atoms in total. The summed E-state index contributed by atoms with van der Waals surface area (Å²) in [6.45, 7) is 1.88. The molecule has 1 aliphatic carbocycles. The van der Waals surface area contributed by atoms with Crippen LogP contribution in [0.1, 0.15) is 96.8 Å². The van der Waals surface area contributed by atoms with Crippen LogP contribution in [0, 0.1) is 11.8 Å². The number of hydrogen-bond acceptors (Lipinski definition) is 2. The van der Waals surface area contributed by atoms with Gasteiger partial charge in [0.1, 0.15) is 6.10 Å². The third-order valence-electron chi connectivity index (χ3n) is 5.69. The molecule has 1 rings (SSSR count). The molecule has 0 radical (unpaired) electrons. The van der Waals surface area contributed by atoms with Crippen LogP contribution in [-0.4, -0.2) is 28.2 Å². The highest BCUT2D eigenvalue weighted by atomic mass is 19.3. The third-order valence-corrected chi connectivity index (χ3v) is 5.69. The van der Waals surface area contributed by atoms with Crippen molar-refractivity contribution in [2.45, 2.75) is 109 Å². The Morgan fingerprint density at radius 3 is 2.36 bits per heavy atom. The van der Waals surface area contributed by atoms with Gasteiger partial charge in [0.05, 0.1) is 0 Å². The van der Waals surface area contributed by atoms with Crippen molar-refractivity contribution in [2.75, 3.05) is 0 Å². The topological polar surface area (TPSA) is 57.5 Å². The van der Waals surface area contributed by atoms with Gasteiger partial charge < -0.3 is 10.2 Å². The number of aliphatic hydroxyl groups is 1. The summed E-state index contributed by atoms with van der Waals surface area (Å²) in [6, 6.07) is 0. The van der Waals surface area contributed by atoms with Crippen LogP contribution in [0.5, 0.6) is 0 Å². The Hall–Kier alpha value is -0.710. The minimum atomic E-state index is -2.95. The number of carboxylic acids is 1. The van der Waals surface area contributed by atoms with Crippen molar-refractivity contribution in [1.82, 2.24) is 0 Å². The molecule has 0 heterocycles. The van der Waals surface area contributed by atoms with Crippen molar-refractivity contribution >= 4 is 5.97 Å². The number of unbranched alkanes of at least 4 members (excludes halogenated alkanes) is 4. The van der Waals surface area contributed by atoms with Gasteiger partial charge in [0, 0.05) is 12.8 Å². The lowest BCUT2D eigenvalue weighted by molar-refractivity contribution is -0.137. The molecule has 5 heteroatoms. The predicted octanol–water partition coefficient (Wildman–Crippen LogP) is 5.79. The van der Waals surface area contributed by atoms with E-state index in [0.717, 1.165) is 51.4 Å². The van der Waals surface area contributed by atoms with E-state index in [4.69, 9.17) is 5.11 Å². The van der Waals surface area contributed by atoms with Gasteiger partial charge in [-0.2, -0.15) is 0 Å². The number of aliphatic carboxylic acids is 1. The lowest BCUT2D eigenvalue weighted by Gasteiger charge is -2.25. The van der Waals surface area contributed by atoms with Gasteiger partial charge in [-0.15, -0.1) is 0 Å². The molecule has 0 aliphatic heterocycles. The van der Waals surface area contributed by atoms with E-state index in [1.54, 1.807) is 0 Å². The van der Waals surface area contributed by atoms with E-state index in [1.165, 1.54) is 6.42 Å². The second-order valence-electron chi connectivity index (χ2n) is 7.76. The second kappa shape index (κ2) is 11.8. The molecule has 0 bridgehead atoms. The predicted molar refractivity (Wildman–Crippen MR) is 95.9 cm³/mol. The van der Waals surface area contributed by atoms with Gasteiger partial charge >= 0.3 is 5.97 Å². The molecule has 0 saturated heterocycles. The van der Waals surface area contributed by atoms with Crippen molar-refractivity contribution in [3.8, 4) is 0 Å². The Kier molecular flexibility index (Phi) is 10.6. The first-order valence-corrected chi connectivity index (χ1v) is 10.1. The number of carbonyl (C=O) groups is 1. The van der Waals surface area contributed by atoms with E-state index in [9.17, 15) is 18.7 Å². The Morgan fingerprint density at radius 1 is 1.08 bits per heavy atom. The Morgan fingerprint density at radius 2 is 1.72 bits per heavy atom. The van der Waals surface area contributed by atoms with Crippen LogP contribution in [-0.2, 0) is 4.79 Å². The lowest BCUT2D eigenvalue weighted by atomic mass is 9.86. The standard InChI is InChI=1S/C20H36F2O3/c1-2-3-15-20(21,22)18(23)14-13-17-11-8-10-16(17)9-6-4-5-7-12-19(24)25/h16-18,23H,2-15H2,1H3,(H,24,25)/t16-,17+,18+/m0/s1. The van der Waals surface area contributed by atoms with Crippen LogP contribution in [0.3, 0.4) is 0 Å². The van der Waals surface area contributed by atoms with E-state index >= 15 is 0 Å². The van der Waals surface area contributed by atoms with Crippen molar-refractivity contribution in [1.29, 1.82) is 0 Å². The van der Waals surface area contributed by atoms with E-state index in [0.29, 0.717) is 24.7 Å². The highest BCUT2D eigenvalue weighted by Crippen LogP contribution is 2.39. The summed E-state index contributed by atoms with van der Waals surface area (Å²) in [5.74, 6) is -2.62. The summed E-state index contributed by atoms with van der Waals surface area (Å²) >= 11 is 0. The summed E-state index contributed by atoms with van der Waals surface area (Å²) in [4.78, 5) is 10.5. The number of carboxylic acid groups (broad SMARTS) is 1. The fourth-order valence-electron chi connectivity index (χ4n) is 4.07. The molecule has 0 amide bonds. The fraction of sp³-hybridized carbons (Fsp3) is 0.950. The van der Waals surface area contributed by atoms with Gasteiger partial charge in [0.15, 0.2) is 0 Å². The molecular weight excluding hydrogens is 326 g/mol. The van der Waals surface area contributed by atoms with Crippen LogP contribution in [0.15, 0.2) is 0 Å². The van der Waals surface area contributed by atoms with Gasteiger partial charge in [-0.25, -0.2) is 8.78 Å². The van der Waals surface area contributed by atoms with Crippen LogP contribution in [0.2, 0.25) is 0 Å². The van der Waals surface area contributed by atoms with Crippen molar-refractivity contribution in [3.63, 3.8) is 0 Å². The van der Waals surface area contributed by atoms with E-state index in [1.807, 2.05) is 6.92 Å². The maximum Gasteiger partial charge on any atom is 0.303 e. The largest absolute Gasteiger partial charge is 0.481 e. The smallest absolute Gasteiger partial charge is 0.303 e. The van der Waals surface area contributed by atoms with Gasteiger partial charge in [0.2, 0.25) is 0 Å². The van der Waals surface area contributed by atoms with Gasteiger partial charge in [-0.1, -0.05) is 58.3 Å². The number of alkyl halides is 2. The summed E-state index contributed by atoms with van der Waals surface area (Å²) in [5, 5.41) is 18.5. The van der Waals surface area contributed by atoms with E-state index < -0.39 is 18.0 Å².